The van der Waals surface area contributed by atoms with E-state index in [2.05, 4.69) is 4.72 Å². The van der Waals surface area contributed by atoms with Gasteiger partial charge in [0.1, 0.15) is 5.75 Å². The fraction of sp³-hybridized carbons (Fsp3) is 0.364. The molecule has 1 heterocycles. The molecule has 0 saturated carbocycles. The average Bonchev–Trinajstić information content (AvgIpc) is 2.41. The molecule has 0 spiro atoms. The molecule has 0 aliphatic carbocycles. The maximum Gasteiger partial charge on any atom is 0.335 e. The van der Waals surface area contributed by atoms with Gasteiger partial charge in [-0.1, -0.05) is 0 Å². The summed E-state index contributed by atoms with van der Waals surface area (Å²) in [4.78, 5) is 10.7. The molecule has 0 unspecified atom stereocenters. The number of phenolic OH excluding ortho intramolecular Hbond substituents is 1. The normalized spacial score (nSPS) is 16.8. The van der Waals surface area contributed by atoms with Gasteiger partial charge in [-0.3, -0.25) is 4.72 Å². The molecule has 0 amide bonds. The number of benzene rings is 1. The van der Waals surface area contributed by atoms with Crippen molar-refractivity contribution in [2.75, 3.05) is 31.0 Å². The standard InChI is InChI=1S/C11H14N2O6S/c14-10-7-8(11(15)16)1-2-9(10)12-20(17,18)13-3-5-19-6-4-13/h1-2,7,12,14H,3-6H2,(H,15,16). The van der Waals surface area contributed by atoms with E-state index in [0.717, 1.165) is 6.07 Å². The molecule has 3 N–H and O–H groups in total. The monoisotopic (exact) mass is 302 g/mol. The number of carboxylic acids is 1. The number of hydrogen-bond acceptors (Lipinski definition) is 5. The maximum absolute atomic E-state index is 12.1. The molecule has 0 bridgehead atoms. The number of aromatic hydroxyl groups is 1. The lowest BCUT2D eigenvalue weighted by atomic mass is 10.2. The van der Waals surface area contributed by atoms with Crippen LogP contribution in [-0.4, -0.2) is 55.2 Å². The zero-order chi connectivity index (χ0) is 14.8. The third kappa shape index (κ3) is 3.18. The third-order valence-corrected chi connectivity index (χ3v) is 4.32. The Morgan fingerprint density at radius 1 is 1.30 bits per heavy atom. The van der Waals surface area contributed by atoms with E-state index in [1.165, 1.54) is 16.4 Å². The third-order valence-electron chi connectivity index (χ3n) is 2.79. The molecule has 1 aromatic carbocycles. The Bertz CT molecular complexity index is 609. The Balaban J connectivity index is 2.18. The largest absolute Gasteiger partial charge is 0.506 e. The highest BCUT2D eigenvalue weighted by molar-refractivity contribution is 7.90. The van der Waals surface area contributed by atoms with E-state index in [4.69, 9.17) is 9.84 Å². The van der Waals surface area contributed by atoms with Gasteiger partial charge in [0.15, 0.2) is 0 Å². The Kier molecular flexibility index (Phi) is 4.12. The summed E-state index contributed by atoms with van der Waals surface area (Å²) >= 11 is 0. The van der Waals surface area contributed by atoms with Gasteiger partial charge in [0.05, 0.1) is 24.5 Å². The van der Waals surface area contributed by atoms with Gasteiger partial charge in [-0.05, 0) is 18.2 Å². The van der Waals surface area contributed by atoms with Gasteiger partial charge in [0, 0.05) is 13.1 Å². The van der Waals surface area contributed by atoms with Gasteiger partial charge in [-0.15, -0.1) is 0 Å². The summed E-state index contributed by atoms with van der Waals surface area (Å²) in [7, 11) is -3.80. The molecule has 20 heavy (non-hydrogen) atoms. The number of phenols is 1. The summed E-state index contributed by atoms with van der Waals surface area (Å²) < 4.78 is 32.6. The molecule has 8 nitrogen and oxygen atoms in total. The highest BCUT2D eigenvalue weighted by Gasteiger charge is 2.25. The number of morpholine rings is 1. The molecule has 1 saturated heterocycles. The van der Waals surface area contributed by atoms with Crippen LogP contribution in [0.4, 0.5) is 5.69 Å². The van der Waals surface area contributed by atoms with E-state index >= 15 is 0 Å². The number of ether oxygens (including phenoxy) is 1. The number of carbonyl (C=O) groups is 1. The highest BCUT2D eigenvalue weighted by atomic mass is 32.2. The van der Waals surface area contributed by atoms with Gasteiger partial charge >= 0.3 is 16.2 Å². The van der Waals surface area contributed by atoms with Crippen molar-refractivity contribution in [3.63, 3.8) is 0 Å². The van der Waals surface area contributed by atoms with Crippen molar-refractivity contribution in [3.8, 4) is 5.75 Å². The predicted molar refractivity (Wildman–Crippen MR) is 70.0 cm³/mol. The van der Waals surface area contributed by atoms with Crippen molar-refractivity contribution < 1.29 is 28.2 Å². The van der Waals surface area contributed by atoms with Crippen LogP contribution in [0.25, 0.3) is 0 Å². The van der Waals surface area contributed by atoms with Gasteiger partial charge in [-0.2, -0.15) is 12.7 Å². The van der Waals surface area contributed by atoms with Crippen molar-refractivity contribution in [1.82, 2.24) is 4.31 Å². The van der Waals surface area contributed by atoms with E-state index in [-0.39, 0.29) is 24.3 Å². The Morgan fingerprint density at radius 2 is 1.95 bits per heavy atom. The first-order valence-corrected chi connectivity index (χ1v) is 7.26. The van der Waals surface area contributed by atoms with E-state index < -0.39 is 21.9 Å². The Morgan fingerprint density at radius 3 is 2.50 bits per heavy atom. The molecule has 0 atom stereocenters. The van der Waals surface area contributed by atoms with E-state index in [0.29, 0.717) is 13.2 Å². The van der Waals surface area contributed by atoms with Crippen molar-refractivity contribution in [2.24, 2.45) is 0 Å². The first-order chi connectivity index (χ1) is 9.40. The summed E-state index contributed by atoms with van der Waals surface area (Å²) in [5.41, 5.74) is -0.196. The Hall–Kier alpha value is -1.84. The number of nitrogens with zero attached hydrogens (tertiary/aromatic N) is 1. The first-order valence-electron chi connectivity index (χ1n) is 5.82. The van der Waals surface area contributed by atoms with Crippen LogP contribution in [0.5, 0.6) is 5.75 Å². The molecule has 0 radical (unpaired) electrons. The number of nitrogens with one attached hydrogen (secondary N) is 1. The minimum atomic E-state index is -3.80. The fourth-order valence-electron chi connectivity index (χ4n) is 1.74. The topological polar surface area (TPSA) is 116 Å². The molecule has 0 aromatic heterocycles. The molecule has 1 aromatic rings. The molecule has 110 valence electrons. The zero-order valence-electron chi connectivity index (χ0n) is 10.4. The lowest BCUT2D eigenvalue weighted by molar-refractivity contribution is 0.0696. The van der Waals surface area contributed by atoms with Crippen molar-refractivity contribution in [1.29, 1.82) is 0 Å². The van der Waals surface area contributed by atoms with Crippen LogP contribution in [0.15, 0.2) is 18.2 Å². The minimum Gasteiger partial charge on any atom is -0.506 e. The van der Waals surface area contributed by atoms with Crippen LogP contribution in [0.2, 0.25) is 0 Å². The van der Waals surface area contributed by atoms with Crippen LogP contribution in [0.1, 0.15) is 10.4 Å². The number of aromatic carboxylic acids is 1. The molecule has 1 aliphatic heterocycles. The molecular formula is C11H14N2O6S. The summed E-state index contributed by atoms with van der Waals surface area (Å²) in [5, 5.41) is 18.4. The molecule has 2 rings (SSSR count). The lowest BCUT2D eigenvalue weighted by Crippen LogP contribution is -2.43. The lowest BCUT2D eigenvalue weighted by Gasteiger charge is -2.26. The number of rotatable bonds is 4. The SMILES string of the molecule is O=C(O)c1ccc(NS(=O)(=O)N2CCOCC2)c(O)c1. The van der Waals surface area contributed by atoms with E-state index in [1.54, 1.807) is 0 Å². The van der Waals surface area contributed by atoms with Crippen LogP contribution in [0, 0.1) is 0 Å². The average molecular weight is 302 g/mol. The fourth-order valence-corrected chi connectivity index (χ4v) is 2.95. The summed E-state index contributed by atoms with van der Waals surface area (Å²) in [6, 6.07) is 3.40. The van der Waals surface area contributed by atoms with Crippen LogP contribution in [-0.2, 0) is 14.9 Å². The predicted octanol–water partition coefficient (Wildman–Crippen LogP) is 0.0793. The van der Waals surface area contributed by atoms with E-state index in [9.17, 15) is 18.3 Å². The number of hydrogen-bond donors (Lipinski definition) is 3. The van der Waals surface area contributed by atoms with E-state index in [1.807, 2.05) is 0 Å². The summed E-state index contributed by atoms with van der Waals surface area (Å²) in [6.07, 6.45) is 0. The smallest absolute Gasteiger partial charge is 0.335 e. The second-order valence-corrected chi connectivity index (χ2v) is 5.83. The second kappa shape index (κ2) is 5.65. The number of carboxylic acid groups (broad SMARTS) is 1. The number of anilines is 1. The van der Waals surface area contributed by atoms with Gasteiger partial charge in [0.25, 0.3) is 0 Å². The molecule has 9 heteroatoms. The summed E-state index contributed by atoms with van der Waals surface area (Å²) in [6.45, 7) is 1.07. The minimum absolute atomic E-state index is 0.0681. The van der Waals surface area contributed by atoms with Crippen molar-refractivity contribution >= 4 is 21.9 Å². The summed E-state index contributed by atoms with van der Waals surface area (Å²) in [5.74, 6) is -1.65. The zero-order valence-corrected chi connectivity index (χ0v) is 11.3. The Labute approximate surface area is 115 Å². The maximum atomic E-state index is 12.1. The van der Waals surface area contributed by atoms with Crippen molar-refractivity contribution in [2.45, 2.75) is 0 Å². The van der Waals surface area contributed by atoms with Crippen molar-refractivity contribution in [3.05, 3.63) is 23.8 Å². The molecular weight excluding hydrogens is 288 g/mol. The molecule has 1 aliphatic rings. The van der Waals surface area contributed by atoms with Gasteiger partial charge < -0.3 is 14.9 Å². The van der Waals surface area contributed by atoms with Crippen LogP contribution < -0.4 is 4.72 Å². The van der Waals surface area contributed by atoms with Gasteiger partial charge in [-0.25, -0.2) is 4.79 Å². The highest BCUT2D eigenvalue weighted by Crippen LogP contribution is 2.26. The van der Waals surface area contributed by atoms with Crippen LogP contribution >= 0.6 is 0 Å². The molecule has 1 fully saturated rings. The second-order valence-electron chi connectivity index (χ2n) is 4.16. The first kappa shape index (κ1) is 14.6. The van der Waals surface area contributed by atoms with Crippen LogP contribution in [0.3, 0.4) is 0 Å². The quantitative estimate of drug-likeness (QED) is 0.678. The van der Waals surface area contributed by atoms with Gasteiger partial charge in [0.2, 0.25) is 0 Å².